The molecule has 0 aromatic heterocycles. The number of carbonyl (C=O) groups is 1. The SMILES string of the molecule is CC(=O)Oc1ccc([C@@H]2CCCN2)cc1O. The molecular formula is C12H15NO3. The topological polar surface area (TPSA) is 58.6 Å². The second kappa shape index (κ2) is 4.53. The summed E-state index contributed by atoms with van der Waals surface area (Å²) in [5, 5.41) is 13.0. The maximum atomic E-state index is 10.8. The van der Waals surface area contributed by atoms with Crippen LogP contribution in [-0.2, 0) is 4.79 Å². The minimum absolute atomic E-state index is 0.0152. The Labute approximate surface area is 94.2 Å². The summed E-state index contributed by atoms with van der Waals surface area (Å²) in [5.74, 6) is -0.197. The number of ether oxygens (including phenoxy) is 1. The van der Waals surface area contributed by atoms with Crippen molar-refractivity contribution in [3.63, 3.8) is 0 Å². The standard InChI is InChI=1S/C12H15NO3/c1-8(14)16-12-5-4-9(7-11(12)15)10-3-2-6-13-10/h4-5,7,10,13,15H,2-3,6H2,1H3/t10-/m0/s1. The van der Waals surface area contributed by atoms with Crippen molar-refractivity contribution in [2.45, 2.75) is 25.8 Å². The first-order chi connectivity index (χ1) is 7.66. The molecule has 1 saturated heterocycles. The van der Waals surface area contributed by atoms with E-state index in [9.17, 15) is 9.90 Å². The molecule has 0 amide bonds. The molecule has 1 heterocycles. The number of aromatic hydroxyl groups is 1. The van der Waals surface area contributed by atoms with Gasteiger partial charge in [0.15, 0.2) is 11.5 Å². The van der Waals surface area contributed by atoms with Gasteiger partial charge in [0.05, 0.1) is 0 Å². The summed E-state index contributed by atoms with van der Waals surface area (Å²) >= 11 is 0. The number of hydrogen-bond acceptors (Lipinski definition) is 4. The fourth-order valence-corrected chi connectivity index (χ4v) is 1.96. The van der Waals surface area contributed by atoms with Crippen LogP contribution in [0, 0.1) is 0 Å². The van der Waals surface area contributed by atoms with Crippen LogP contribution in [0.3, 0.4) is 0 Å². The molecular weight excluding hydrogens is 206 g/mol. The van der Waals surface area contributed by atoms with Crippen LogP contribution in [0.25, 0.3) is 0 Å². The highest BCUT2D eigenvalue weighted by Crippen LogP contribution is 2.31. The smallest absolute Gasteiger partial charge is 0.308 e. The van der Waals surface area contributed by atoms with Crippen LogP contribution in [-0.4, -0.2) is 17.6 Å². The Balaban J connectivity index is 2.18. The predicted octanol–water partition coefficient (Wildman–Crippen LogP) is 1.74. The zero-order valence-electron chi connectivity index (χ0n) is 9.19. The van der Waals surface area contributed by atoms with Gasteiger partial charge in [-0.2, -0.15) is 0 Å². The van der Waals surface area contributed by atoms with Crippen molar-refractivity contribution in [1.29, 1.82) is 0 Å². The Morgan fingerprint density at radius 2 is 2.38 bits per heavy atom. The summed E-state index contributed by atoms with van der Waals surface area (Å²) in [6.07, 6.45) is 2.23. The number of phenols is 1. The fraction of sp³-hybridized carbons (Fsp3) is 0.417. The van der Waals surface area contributed by atoms with Gasteiger partial charge in [-0.3, -0.25) is 4.79 Å². The van der Waals surface area contributed by atoms with E-state index >= 15 is 0 Å². The van der Waals surface area contributed by atoms with E-state index in [4.69, 9.17) is 4.74 Å². The third-order valence-electron chi connectivity index (χ3n) is 2.70. The summed E-state index contributed by atoms with van der Waals surface area (Å²) in [7, 11) is 0. The molecule has 1 aromatic rings. The van der Waals surface area contributed by atoms with Gasteiger partial charge in [-0.1, -0.05) is 6.07 Å². The second-order valence-corrected chi connectivity index (χ2v) is 3.97. The van der Waals surface area contributed by atoms with E-state index in [0.29, 0.717) is 6.04 Å². The molecule has 0 saturated carbocycles. The van der Waals surface area contributed by atoms with Crippen LogP contribution in [0.15, 0.2) is 18.2 Å². The van der Waals surface area contributed by atoms with Crippen molar-refractivity contribution in [2.75, 3.05) is 6.54 Å². The summed E-state index contributed by atoms with van der Waals surface area (Å²) in [6.45, 7) is 2.32. The van der Waals surface area contributed by atoms with Gasteiger partial charge in [-0.25, -0.2) is 0 Å². The van der Waals surface area contributed by atoms with Crippen molar-refractivity contribution in [2.24, 2.45) is 0 Å². The summed E-state index contributed by atoms with van der Waals surface area (Å²) < 4.78 is 4.85. The van der Waals surface area contributed by atoms with E-state index in [1.807, 2.05) is 6.07 Å². The minimum atomic E-state index is -0.429. The van der Waals surface area contributed by atoms with Gasteiger partial charge in [0.1, 0.15) is 0 Å². The van der Waals surface area contributed by atoms with Gasteiger partial charge in [0, 0.05) is 13.0 Å². The van der Waals surface area contributed by atoms with Gasteiger partial charge < -0.3 is 15.2 Å². The van der Waals surface area contributed by atoms with E-state index < -0.39 is 5.97 Å². The Bertz CT molecular complexity index is 397. The molecule has 0 bridgehead atoms. The average molecular weight is 221 g/mol. The highest BCUT2D eigenvalue weighted by Gasteiger charge is 2.17. The van der Waals surface area contributed by atoms with Gasteiger partial charge >= 0.3 is 5.97 Å². The van der Waals surface area contributed by atoms with Crippen molar-refractivity contribution in [3.8, 4) is 11.5 Å². The zero-order chi connectivity index (χ0) is 11.5. The molecule has 16 heavy (non-hydrogen) atoms. The largest absolute Gasteiger partial charge is 0.504 e. The van der Waals surface area contributed by atoms with Gasteiger partial charge in [-0.05, 0) is 37.1 Å². The molecule has 1 aliphatic rings. The third kappa shape index (κ3) is 2.33. The van der Waals surface area contributed by atoms with Crippen molar-refractivity contribution < 1.29 is 14.6 Å². The lowest BCUT2D eigenvalue weighted by Crippen LogP contribution is -2.12. The lowest BCUT2D eigenvalue weighted by Gasteiger charge is -2.12. The number of nitrogens with one attached hydrogen (secondary N) is 1. The molecule has 4 nitrogen and oxygen atoms in total. The number of phenolic OH excluding ortho intramolecular Hbond substituents is 1. The molecule has 0 unspecified atom stereocenters. The number of rotatable bonds is 2. The average Bonchev–Trinajstić information content (AvgIpc) is 2.73. The molecule has 86 valence electrons. The molecule has 0 aliphatic carbocycles. The van der Waals surface area contributed by atoms with Crippen LogP contribution in [0.2, 0.25) is 0 Å². The van der Waals surface area contributed by atoms with E-state index in [-0.39, 0.29) is 11.5 Å². The summed E-state index contributed by atoms with van der Waals surface area (Å²) in [5.41, 5.74) is 1.03. The van der Waals surface area contributed by atoms with Crippen LogP contribution in [0.4, 0.5) is 0 Å². The number of carbonyl (C=O) groups excluding carboxylic acids is 1. The number of esters is 1. The monoisotopic (exact) mass is 221 g/mol. The van der Waals surface area contributed by atoms with Gasteiger partial charge in [0.2, 0.25) is 0 Å². The minimum Gasteiger partial charge on any atom is -0.504 e. The van der Waals surface area contributed by atoms with Crippen molar-refractivity contribution in [3.05, 3.63) is 23.8 Å². The Kier molecular flexibility index (Phi) is 3.10. The van der Waals surface area contributed by atoms with E-state index in [1.54, 1.807) is 12.1 Å². The Morgan fingerprint density at radius 3 is 2.94 bits per heavy atom. The molecule has 0 radical (unpaired) electrons. The maximum absolute atomic E-state index is 10.8. The van der Waals surface area contributed by atoms with Gasteiger partial charge in [0.25, 0.3) is 0 Å². The van der Waals surface area contributed by atoms with E-state index in [1.165, 1.54) is 6.92 Å². The maximum Gasteiger partial charge on any atom is 0.308 e. The van der Waals surface area contributed by atoms with E-state index in [0.717, 1.165) is 24.9 Å². The van der Waals surface area contributed by atoms with Crippen LogP contribution in [0.1, 0.15) is 31.4 Å². The van der Waals surface area contributed by atoms with Crippen LogP contribution < -0.4 is 10.1 Å². The highest BCUT2D eigenvalue weighted by molar-refractivity contribution is 5.70. The molecule has 0 spiro atoms. The van der Waals surface area contributed by atoms with Crippen molar-refractivity contribution >= 4 is 5.97 Å². The quantitative estimate of drug-likeness (QED) is 0.590. The lowest BCUT2D eigenvalue weighted by atomic mass is 10.0. The summed E-state index contributed by atoms with van der Waals surface area (Å²) in [4.78, 5) is 10.8. The Morgan fingerprint density at radius 1 is 1.56 bits per heavy atom. The molecule has 1 atom stereocenters. The fourth-order valence-electron chi connectivity index (χ4n) is 1.96. The lowest BCUT2D eigenvalue weighted by molar-refractivity contribution is -0.132. The zero-order valence-corrected chi connectivity index (χ0v) is 9.19. The molecule has 2 N–H and O–H groups in total. The van der Waals surface area contributed by atoms with Crippen LogP contribution >= 0.6 is 0 Å². The third-order valence-corrected chi connectivity index (χ3v) is 2.70. The normalized spacial score (nSPS) is 19.7. The Hall–Kier alpha value is -1.55. The molecule has 2 rings (SSSR count). The number of hydrogen-bond donors (Lipinski definition) is 2. The molecule has 1 aliphatic heterocycles. The summed E-state index contributed by atoms with van der Waals surface area (Å²) in [6, 6.07) is 5.46. The molecule has 4 heteroatoms. The molecule has 1 fully saturated rings. The van der Waals surface area contributed by atoms with Crippen LogP contribution in [0.5, 0.6) is 11.5 Å². The van der Waals surface area contributed by atoms with E-state index in [2.05, 4.69) is 5.32 Å². The highest BCUT2D eigenvalue weighted by atomic mass is 16.5. The second-order valence-electron chi connectivity index (χ2n) is 3.97. The number of benzene rings is 1. The predicted molar refractivity (Wildman–Crippen MR) is 59.4 cm³/mol. The first-order valence-electron chi connectivity index (χ1n) is 5.41. The van der Waals surface area contributed by atoms with Crippen molar-refractivity contribution in [1.82, 2.24) is 5.32 Å². The first-order valence-corrected chi connectivity index (χ1v) is 5.41. The molecule has 1 aromatic carbocycles. The van der Waals surface area contributed by atoms with Gasteiger partial charge in [-0.15, -0.1) is 0 Å². The first kappa shape index (κ1) is 11.0.